The average molecular weight is 688 g/mol. The van der Waals surface area contributed by atoms with Crippen molar-refractivity contribution in [3.63, 3.8) is 0 Å². The lowest BCUT2D eigenvalue weighted by molar-refractivity contribution is -0.126. The number of thiophene rings is 1. The number of ether oxygens (including phenoxy) is 1. The van der Waals surface area contributed by atoms with E-state index in [9.17, 15) is 22.8 Å². The van der Waals surface area contributed by atoms with Crippen LogP contribution in [0.3, 0.4) is 0 Å². The first-order valence-corrected chi connectivity index (χ1v) is 17.4. The van der Waals surface area contributed by atoms with E-state index < -0.39 is 18.2 Å². The summed E-state index contributed by atoms with van der Waals surface area (Å²) in [5.74, 6) is 0.604. The molecule has 48 heavy (non-hydrogen) atoms. The third-order valence-electron chi connectivity index (χ3n) is 9.28. The van der Waals surface area contributed by atoms with Crippen molar-refractivity contribution >= 4 is 45.1 Å². The number of alkyl halides is 3. The number of benzene rings is 1. The maximum Gasteiger partial charge on any atom is 0.410 e. The number of rotatable bonds is 8. The maximum atomic E-state index is 13.0. The Morgan fingerprint density at radius 3 is 2.44 bits per heavy atom. The van der Waals surface area contributed by atoms with Gasteiger partial charge in [0.05, 0.1) is 11.8 Å². The molecule has 14 heteroatoms. The normalized spacial score (nSPS) is 22.5. The zero-order valence-corrected chi connectivity index (χ0v) is 28.7. The van der Waals surface area contributed by atoms with Crippen molar-refractivity contribution in [2.24, 2.45) is 5.41 Å². The van der Waals surface area contributed by atoms with Crippen LogP contribution in [0.15, 0.2) is 36.7 Å². The molecule has 0 radical (unpaired) electrons. The molecule has 2 amide bonds. The highest BCUT2D eigenvalue weighted by atomic mass is 32.1. The molecule has 1 unspecified atom stereocenters. The molecule has 4 heterocycles. The van der Waals surface area contributed by atoms with Crippen LogP contribution in [0.5, 0.6) is 0 Å². The molecule has 0 bridgehead atoms. The van der Waals surface area contributed by atoms with Crippen LogP contribution in [0, 0.1) is 5.41 Å². The lowest BCUT2D eigenvalue weighted by atomic mass is 9.65. The number of carbonyl (C=O) groups excluding carboxylic acids is 2. The van der Waals surface area contributed by atoms with Crippen molar-refractivity contribution in [1.29, 1.82) is 0 Å². The quantitative estimate of drug-likeness (QED) is 0.300. The molecule has 2 saturated heterocycles. The number of anilines is 2. The summed E-state index contributed by atoms with van der Waals surface area (Å²) in [6, 6.07) is 9.41. The van der Waals surface area contributed by atoms with Crippen LogP contribution in [-0.4, -0.2) is 101 Å². The smallest absolute Gasteiger partial charge is 0.410 e. The molecule has 3 fully saturated rings. The molecule has 1 saturated carbocycles. The minimum atomic E-state index is -4.25. The van der Waals surface area contributed by atoms with Gasteiger partial charge in [-0.05, 0) is 82.7 Å². The minimum Gasteiger partial charge on any atom is -0.444 e. The lowest BCUT2D eigenvalue weighted by Crippen LogP contribution is -2.52. The summed E-state index contributed by atoms with van der Waals surface area (Å²) in [7, 11) is 0. The highest BCUT2D eigenvalue weighted by Crippen LogP contribution is 2.50. The summed E-state index contributed by atoms with van der Waals surface area (Å²) in [4.78, 5) is 41.0. The van der Waals surface area contributed by atoms with Crippen molar-refractivity contribution in [3.05, 3.63) is 47.1 Å². The summed E-state index contributed by atoms with van der Waals surface area (Å²) in [5, 5.41) is 7.39. The number of aromatic nitrogens is 2. The van der Waals surface area contributed by atoms with E-state index in [2.05, 4.69) is 30.4 Å². The predicted molar refractivity (Wildman–Crippen MR) is 181 cm³/mol. The van der Waals surface area contributed by atoms with Crippen molar-refractivity contribution in [3.8, 4) is 0 Å². The van der Waals surface area contributed by atoms with Gasteiger partial charge in [0.15, 0.2) is 0 Å². The van der Waals surface area contributed by atoms with Crippen molar-refractivity contribution in [1.82, 2.24) is 25.1 Å². The molecule has 1 aromatic carbocycles. The monoisotopic (exact) mass is 687 g/mol. The first kappa shape index (κ1) is 34.2. The number of fused-ring (bicyclic) bond motifs is 1. The fraction of sp³-hybridized carbons (Fsp3) is 0.588. The van der Waals surface area contributed by atoms with E-state index in [1.165, 1.54) is 6.33 Å². The van der Waals surface area contributed by atoms with E-state index in [1.54, 1.807) is 11.0 Å². The van der Waals surface area contributed by atoms with Gasteiger partial charge in [0.2, 0.25) is 0 Å². The van der Waals surface area contributed by atoms with Gasteiger partial charge in [-0.25, -0.2) is 14.8 Å². The van der Waals surface area contributed by atoms with Crippen LogP contribution in [0.2, 0.25) is 0 Å². The van der Waals surface area contributed by atoms with Crippen molar-refractivity contribution in [2.45, 2.75) is 77.2 Å². The van der Waals surface area contributed by atoms with Crippen LogP contribution in [0.25, 0.3) is 10.2 Å². The molecule has 6 rings (SSSR count). The molecule has 2 N–H and O–H groups in total. The lowest BCUT2D eigenvalue weighted by Gasteiger charge is -2.46. The molecule has 1 aliphatic carbocycles. The maximum absolute atomic E-state index is 13.0. The molecular weight excluding hydrogens is 643 g/mol. The highest BCUT2D eigenvalue weighted by molar-refractivity contribution is 7.18. The third-order valence-corrected chi connectivity index (χ3v) is 10.3. The number of hydrogen-bond acceptors (Lipinski definition) is 9. The number of hydrogen-bond donors (Lipinski definition) is 2. The standard InChI is InChI=1S/C34H44F3N7O3S/c1-22(19-42-11-13-43(14-12-42)31(46)47-32(2,3)4)40-29(45)23-5-7-24(8-6-23)41-25-16-33(17-25)9-10-44(20-33)28-27-15-26(18-34(35,36)37)48-30(27)39-21-38-28/h5-8,15,21-22,25,41H,9-14,16-20H2,1-4H3,(H,40,45). The van der Waals surface area contributed by atoms with E-state index in [1.807, 2.05) is 52.0 Å². The van der Waals surface area contributed by atoms with Gasteiger partial charge in [-0.2, -0.15) is 13.2 Å². The first-order valence-electron chi connectivity index (χ1n) is 16.6. The Balaban J connectivity index is 0.939. The Kier molecular flexibility index (Phi) is 9.51. The summed E-state index contributed by atoms with van der Waals surface area (Å²) < 4.78 is 44.4. The Hall–Kier alpha value is -3.65. The first-order chi connectivity index (χ1) is 22.6. The summed E-state index contributed by atoms with van der Waals surface area (Å²) in [6.45, 7) is 12.6. The summed E-state index contributed by atoms with van der Waals surface area (Å²) in [5.41, 5.74) is 1.20. The molecule has 1 spiro atoms. The van der Waals surface area contributed by atoms with Crippen molar-refractivity contribution < 1.29 is 27.5 Å². The second-order valence-corrected chi connectivity index (χ2v) is 15.7. The van der Waals surface area contributed by atoms with Gasteiger partial charge >= 0.3 is 12.3 Å². The predicted octanol–water partition coefficient (Wildman–Crippen LogP) is 5.94. The van der Waals surface area contributed by atoms with Gasteiger partial charge in [-0.15, -0.1) is 11.3 Å². The molecule has 10 nitrogen and oxygen atoms in total. The Morgan fingerprint density at radius 1 is 1.06 bits per heavy atom. The molecule has 3 aromatic rings. The topological polar surface area (TPSA) is 103 Å². The number of carbonyl (C=O) groups is 2. The SMILES string of the molecule is CC(CN1CCN(C(=O)OC(C)(C)C)CC1)NC(=O)c1ccc(NC2CC3(CCN(c4ncnc5sc(CC(F)(F)F)cc45)C3)C2)cc1. The van der Waals surface area contributed by atoms with Gasteiger partial charge < -0.3 is 25.2 Å². The van der Waals surface area contributed by atoms with Crippen LogP contribution in [0.4, 0.5) is 29.5 Å². The zero-order chi connectivity index (χ0) is 34.3. The van der Waals surface area contributed by atoms with Crippen LogP contribution >= 0.6 is 11.3 Å². The highest BCUT2D eigenvalue weighted by Gasteiger charge is 2.49. The molecule has 2 aliphatic heterocycles. The van der Waals surface area contributed by atoms with Crippen molar-refractivity contribution in [2.75, 3.05) is 56.0 Å². The van der Waals surface area contributed by atoms with Gasteiger partial charge in [0, 0.05) is 74.0 Å². The fourth-order valence-corrected chi connectivity index (χ4v) is 8.12. The van der Waals surface area contributed by atoms with E-state index in [-0.39, 0.29) is 28.3 Å². The summed E-state index contributed by atoms with van der Waals surface area (Å²) in [6.07, 6.45) is -1.05. The van der Waals surface area contributed by atoms with E-state index in [0.717, 1.165) is 68.3 Å². The molecule has 2 aromatic heterocycles. The Bertz CT molecular complexity index is 1610. The average Bonchev–Trinajstić information content (AvgIpc) is 3.60. The number of halogens is 3. The third kappa shape index (κ3) is 8.31. The molecule has 260 valence electrons. The summed E-state index contributed by atoms with van der Waals surface area (Å²) >= 11 is 1.08. The van der Waals surface area contributed by atoms with Gasteiger partial charge in [-0.1, -0.05) is 0 Å². The van der Waals surface area contributed by atoms with Crippen LogP contribution < -0.4 is 15.5 Å². The Morgan fingerprint density at radius 2 is 1.77 bits per heavy atom. The van der Waals surface area contributed by atoms with Crippen LogP contribution in [0.1, 0.15) is 62.2 Å². The Labute approximate surface area is 283 Å². The second-order valence-electron chi connectivity index (χ2n) is 14.6. The molecule has 1 atom stereocenters. The van der Waals surface area contributed by atoms with E-state index >= 15 is 0 Å². The van der Waals surface area contributed by atoms with Gasteiger partial charge in [-0.3, -0.25) is 9.69 Å². The molecular formula is C34H44F3N7O3S. The minimum absolute atomic E-state index is 0.0550. The number of nitrogens with one attached hydrogen (secondary N) is 2. The van der Waals surface area contributed by atoms with Gasteiger partial charge in [0.1, 0.15) is 22.6 Å². The number of amides is 2. The van der Waals surface area contributed by atoms with Gasteiger partial charge in [0.25, 0.3) is 5.91 Å². The fourth-order valence-electron chi connectivity index (χ4n) is 7.10. The van der Waals surface area contributed by atoms with E-state index in [0.29, 0.717) is 41.5 Å². The second kappa shape index (κ2) is 13.3. The molecule has 3 aliphatic rings. The number of piperazine rings is 1. The largest absolute Gasteiger partial charge is 0.444 e. The zero-order valence-electron chi connectivity index (χ0n) is 27.9. The van der Waals surface area contributed by atoms with E-state index in [4.69, 9.17) is 4.74 Å². The van der Waals surface area contributed by atoms with Crippen LogP contribution in [-0.2, 0) is 11.2 Å². The number of nitrogens with zero attached hydrogens (tertiary/aromatic N) is 5.